The van der Waals surface area contributed by atoms with E-state index in [1.807, 2.05) is 6.92 Å². The van der Waals surface area contributed by atoms with Crippen LogP contribution in [0.4, 0.5) is 0 Å². The molecule has 0 aromatic heterocycles. The van der Waals surface area contributed by atoms with E-state index in [0.717, 1.165) is 6.42 Å². The summed E-state index contributed by atoms with van der Waals surface area (Å²) in [5, 5.41) is 2.81. The van der Waals surface area contributed by atoms with Gasteiger partial charge in [0.2, 0.25) is 5.91 Å². The first-order valence-electron chi connectivity index (χ1n) is 7.49. The van der Waals surface area contributed by atoms with Gasteiger partial charge in [0.15, 0.2) is 0 Å². The minimum atomic E-state index is -0.423. The van der Waals surface area contributed by atoms with E-state index in [-0.39, 0.29) is 5.91 Å². The second-order valence-electron chi connectivity index (χ2n) is 4.94. The van der Waals surface area contributed by atoms with Gasteiger partial charge in [0, 0.05) is 24.7 Å². The molecule has 6 nitrogen and oxygen atoms in total. The number of nitrogens with one attached hydrogen (secondary N) is 1. The molecule has 1 unspecified atom stereocenters. The molecule has 1 aromatic rings. The van der Waals surface area contributed by atoms with Crippen LogP contribution < -0.4 is 25.3 Å². The van der Waals surface area contributed by atoms with Crippen molar-refractivity contribution in [3.05, 3.63) is 18.2 Å². The predicted molar refractivity (Wildman–Crippen MR) is 85.6 cm³/mol. The van der Waals surface area contributed by atoms with E-state index in [0.29, 0.717) is 43.2 Å². The standard InChI is InChI=1S/C16H26N2O4/c1-4-6-15(17)16(19)18-7-5-8-22-14-10-12(20-2)9-13(11-14)21-3/h9-11,15H,4-8,17H2,1-3H3,(H,18,19). The molecule has 3 N–H and O–H groups in total. The van der Waals surface area contributed by atoms with Crippen molar-refractivity contribution in [2.45, 2.75) is 32.2 Å². The quantitative estimate of drug-likeness (QED) is 0.643. The first-order valence-corrected chi connectivity index (χ1v) is 7.49. The Labute approximate surface area is 131 Å². The van der Waals surface area contributed by atoms with Gasteiger partial charge >= 0.3 is 0 Å². The van der Waals surface area contributed by atoms with E-state index < -0.39 is 6.04 Å². The zero-order chi connectivity index (χ0) is 16.4. The van der Waals surface area contributed by atoms with Crippen LogP contribution in [0, 0.1) is 0 Å². The SMILES string of the molecule is CCCC(N)C(=O)NCCCOc1cc(OC)cc(OC)c1. The lowest BCUT2D eigenvalue weighted by Crippen LogP contribution is -2.41. The number of hydrogen-bond acceptors (Lipinski definition) is 5. The van der Waals surface area contributed by atoms with Gasteiger partial charge in [-0.05, 0) is 12.8 Å². The predicted octanol–water partition coefficient (Wildman–Crippen LogP) is 1.72. The molecule has 0 aliphatic carbocycles. The fourth-order valence-corrected chi connectivity index (χ4v) is 1.91. The van der Waals surface area contributed by atoms with Crippen LogP contribution in [0.2, 0.25) is 0 Å². The van der Waals surface area contributed by atoms with Crippen molar-refractivity contribution >= 4 is 5.91 Å². The molecule has 0 heterocycles. The molecule has 0 spiro atoms. The number of amides is 1. The molecule has 0 saturated heterocycles. The molecule has 0 bridgehead atoms. The summed E-state index contributed by atoms with van der Waals surface area (Å²) >= 11 is 0. The summed E-state index contributed by atoms with van der Waals surface area (Å²) in [6.45, 7) is 3.03. The van der Waals surface area contributed by atoms with Gasteiger partial charge in [-0.2, -0.15) is 0 Å². The van der Waals surface area contributed by atoms with Gasteiger partial charge in [-0.1, -0.05) is 13.3 Å². The van der Waals surface area contributed by atoms with Crippen molar-refractivity contribution < 1.29 is 19.0 Å². The lowest BCUT2D eigenvalue weighted by atomic mass is 10.2. The molecule has 1 amide bonds. The van der Waals surface area contributed by atoms with Crippen LogP contribution >= 0.6 is 0 Å². The Hall–Kier alpha value is -1.95. The third kappa shape index (κ3) is 6.22. The Morgan fingerprint density at radius 3 is 2.32 bits per heavy atom. The van der Waals surface area contributed by atoms with Gasteiger partial charge in [0.25, 0.3) is 0 Å². The van der Waals surface area contributed by atoms with Crippen LogP contribution in [-0.4, -0.2) is 39.3 Å². The Bertz CT molecular complexity index is 443. The van der Waals surface area contributed by atoms with E-state index >= 15 is 0 Å². The van der Waals surface area contributed by atoms with Gasteiger partial charge in [0.05, 0.1) is 26.9 Å². The number of rotatable bonds is 10. The number of nitrogens with two attached hydrogens (primary N) is 1. The Kier molecular flexibility index (Phi) is 8.14. The normalized spacial score (nSPS) is 11.6. The van der Waals surface area contributed by atoms with Crippen molar-refractivity contribution in [2.24, 2.45) is 5.73 Å². The van der Waals surface area contributed by atoms with Crippen molar-refractivity contribution in [1.82, 2.24) is 5.32 Å². The summed E-state index contributed by atoms with van der Waals surface area (Å²) in [6, 6.07) is 4.94. The van der Waals surface area contributed by atoms with Gasteiger partial charge < -0.3 is 25.3 Å². The Morgan fingerprint density at radius 1 is 1.18 bits per heavy atom. The number of carbonyl (C=O) groups is 1. The number of benzene rings is 1. The highest BCUT2D eigenvalue weighted by atomic mass is 16.5. The third-order valence-corrected chi connectivity index (χ3v) is 3.15. The molecule has 0 radical (unpaired) electrons. The minimum Gasteiger partial charge on any atom is -0.496 e. The average molecular weight is 310 g/mol. The molecule has 0 aliphatic rings. The molecule has 1 atom stereocenters. The van der Waals surface area contributed by atoms with Gasteiger partial charge in [-0.3, -0.25) is 4.79 Å². The number of methoxy groups -OCH3 is 2. The summed E-state index contributed by atoms with van der Waals surface area (Å²) in [5.41, 5.74) is 5.73. The zero-order valence-corrected chi connectivity index (χ0v) is 13.6. The summed E-state index contributed by atoms with van der Waals surface area (Å²) in [5.74, 6) is 1.91. The van der Waals surface area contributed by atoms with Crippen LogP contribution in [0.3, 0.4) is 0 Å². The highest BCUT2D eigenvalue weighted by molar-refractivity contribution is 5.81. The maximum absolute atomic E-state index is 11.6. The van der Waals surface area contributed by atoms with Crippen LogP contribution in [0.25, 0.3) is 0 Å². The lowest BCUT2D eigenvalue weighted by molar-refractivity contribution is -0.122. The fourth-order valence-electron chi connectivity index (χ4n) is 1.91. The van der Waals surface area contributed by atoms with Gasteiger partial charge in [-0.15, -0.1) is 0 Å². The highest BCUT2D eigenvalue weighted by Gasteiger charge is 2.10. The van der Waals surface area contributed by atoms with Crippen molar-refractivity contribution in [3.8, 4) is 17.2 Å². The molecule has 0 saturated carbocycles. The topological polar surface area (TPSA) is 82.8 Å². The second kappa shape index (κ2) is 9.89. The van der Waals surface area contributed by atoms with Crippen LogP contribution in [0.5, 0.6) is 17.2 Å². The largest absolute Gasteiger partial charge is 0.496 e. The summed E-state index contributed by atoms with van der Waals surface area (Å²) in [4.78, 5) is 11.6. The smallest absolute Gasteiger partial charge is 0.236 e. The molecule has 1 aromatic carbocycles. The van der Waals surface area contributed by atoms with Crippen LogP contribution in [0.1, 0.15) is 26.2 Å². The first kappa shape index (κ1) is 18.1. The molecule has 6 heteroatoms. The summed E-state index contributed by atoms with van der Waals surface area (Å²) in [6.07, 6.45) is 2.30. The van der Waals surface area contributed by atoms with E-state index in [4.69, 9.17) is 19.9 Å². The molecular weight excluding hydrogens is 284 g/mol. The van der Waals surface area contributed by atoms with Gasteiger partial charge in [-0.25, -0.2) is 0 Å². The van der Waals surface area contributed by atoms with Crippen molar-refractivity contribution in [3.63, 3.8) is 0 Å². The van der Waals surface area contributed by atoms with Crippen molar-refractivity contribution in [2.75, 3.05) is 27.4 Å². The fraction of sp³-hybridized carbons (Fsp3) is 0.562. The summed E-state index contributed by atoms with van der Waals surface area (Å²) < 4.78 is 16.0. The minimum absolute atomic E-state index is 0.107. The number of carbonyl (C=O) groups excluding carboxylic acids is 1. The first-order chi connectivity index (χ1) is 10.6. The molecule has 124 valence electrons. The van der Waals surface area contributed by atoms with Gasteiger partial charge in [0.1, 0.15) is 17.2 Å². The second-order valence-corrected chi connectivity index (χ2v) is 4.94. The van der Waals surface area contributed by atoms with Crippen LogP contribution in [0.15, 0.2) is 18.2 Å². The Balaban J connectivity index is 2.31. The number of hydrogen-bond donors (Lipinski definition) is 2. The molecule has 1 rings (SSSR count). The lowest BCUT2D eigenvalue weighted by Gasteiger charge is -2.12. The maximum atomic E-state index is 11.6. The van der Waals surface area contributed by atoms with E-state index in [1.165, 1.54) is 0 Å². The number of ether oxygens (including phenoxy) is 3. The highest BCUT2D eigenvalue weighted by Crippen LogP contribution is 2.27. The Morgan fingerprint density at radius 2 is 1.77 bits per heavy atom. The summed E-state index contributed by atoms with van der Waals surface area (Å²) in [7, 11) is 3.18. The monoisotopic (exact) mass is 310 g/mol. The average Bonchev–Trinajstić information content (AvgIpc) is 2.54. The molecule has 0 aliphatic heterocycles. The van der Waals surface area contributed by atoms with E-state index in [9.17, 15) is 4.79 Å². The van der Waals surface area contributed by atoms with E-state index in [2.05, 4.69) is 5.32 Å². The molecular formula is C16H26N2O4. The maximum Gasteiger partial charge on any atom is 0.236 e. The van der Waals surface area contributed by atoms with E-state index in [1.54, 1.807) is 32.4 Å². The zero-order valence-electron chi connectivity index (χ0n) is 13.6. The van der Waals surface area contributed by atoms with Crippen LogP contribution in [-0.2, 0) is 4.79 Å². The van der Waals surface area contributed by atoms with Crippen molar-refractivity contribution in [1.29, 1.82) is 0 Å². The molecule has 22 heavy (non-hydrogen) atoms. The molecule has 0 fully saturated rings. The third-order valence-electron chi connectivity index (χ3n) is 3.15.